The topological polar surface area (TPSA) is 122 Å². The Labute approximate surface area is 117 Å². The van der Waals surface area contributed by atoms with Crippen LogP contribution in [0.4, 0.5) is 5.69 Å². The second kappa shape index (κ2) is 6.80. The Morgan fingerprint density at radius 2 is 1.95 bits per heavy atom. The number of anilines is 1. The van der Waals surface area contributed by atoms with Crippen LogP contribution in [-0.2, 0) is 4.79 Å². The van der Waals surface area contributed by atoms with Crippen LogP contribution in [0.2, 0.25) is 0 Å². The van der Waals surface area contributed by atoms with Gasteiger partial charge in [0.05, 0.1) is 11.9 Å². The van der Waals surface area contributed by atoms with Gasteiger partial charge >= 0.3 is 0 Å². The van der Waals surface area contributed by atoms with Gasteiger partial charge in [0.2, 0.25) is 5.91 Å². The molecule has 0 spiro atoms. The Kier molecular flexibility index (Phi) is 5.39. The predicted molar refractivity (Wildman–Crippen MR) is 74.9 cm³/mol. The Hall–Kier alpha value is -2.22. The first-order chi connectivity index (χ1) is 9.40. The predicted octanol–water partition coefficient (Wildman–Crippen LogP) is -0.250. The van der Waals surface area contributed by atoms with Crippen molar-refractivity contribution in [1.82, 2.24) is 20.6 Å². The first kappa shape index (κ1) is 15.8. The monoisotopic (exact) mass is 280 g/mol. The van der Waals surface area contributed by atoms with Crippen molar-refractivity contribution in [2.24, 2.45) is 5.84 Å². The van der Waals surface area contributed by atoms with Gasteiger partial charge in [0.1, 0.15) is 11.9 Å². The molecule has 8 heteroatoms. The summed E-state index contributed by atoms with van der Waals surface area (Å²) in [6, 6.07) is -0.671. The summed E-state index contributed by atoms with van der Waals surface area (Å²) in [6.07, 6.45) is 1.45. The molecule has 1 unspecified atom stereocenters. The number of hydrazine groups is 1. The average molecular weight is 280 g/mol. The van der Waals surface area contributed by atoms with E-state index in [0.717, 1.165) is 0 Å². The molecule has 0 aliphatic rings. The number of carbonyl (C=O) groups excluding carboxylic acids is 2. The number of hydrogen-bond donors (Lipinski definition) is 4. The number of amides is 2. The van der Waals surface area contributed by atoms with Crippen LogP contribution < -0.4 is 21.9 Å². The summed E-state index contributed by atoms with van der Waals surface area (Å²) in [6.45, 7) is 5.41. The van der Waals surface area contributed by atoms with Crippen LogP contribution in [-0.4, -0.2) is 34.9 Å². The van der Waals surface area contributed by atoms with Crippen LogP contribution in [0.25, 0.3) is 0 Å². The number of nitrogens with one attached hydrogen (secondary N) is 3. The zero-order valence-electron chi connectivity index (χ0n) is 12.0. The number of nitrogens with two attached hydrogens (primary N) is 1. The van der Waals surface area contributed by atoms with Crippen molar-refractivity contribution < 1.29 is 9.59 Å². The normalized spacial score (nSPS) is 11.9. The van der Waals surface area contributed by atoms with E-state index < -0.39 is 11.9 Å². The highest BCUT2D eigenvalue weighted by Gasteiger charge is 2.20. The van der Waals surface area contributed by atoms with Crippen LogP contribution in [0.5, 0.6) is 0 Å². The van der Waals surface area contributed by atoms with Gasteiger partial charge in [-0.05, 0) is 6.92 Å². The maximum Gasteiger partial charge on any atom is 0.272 e. The largest absolute Gasteiger partial charge is 0.357 e. The number of hydrogen-bond acceptors (Lipinski definition) is 6. The van der Waals surface area contributed by atoms with Crippen molar-refractivity contribution >= 4 is 17.5 Å². The molecule has 1 atom stereocenters. The van der Waals surface area contributed by atoms with E-state index in [2.05, 4.69) is 26.0 Å². The summed E-state index contributed by atoms with van der Waals surface area (Å²) in [5, 5.41) is 5.00. The van der Waals surface area contributed by atoms with E-state index >= 15 is 0 Å². The molecule has 1 aromatic heterocycles. The molecule has 2 amide bonds. The molecule has 1 aromatic rings. The molecule has 0 fully saturated rings. The molecule has 5 N–H and O–H groups in total. The minimum atomic E-state index is -0.671. The lowest BCUT2D eigenvalue weighted by molar-refractivity contribution is -0.122. The van der Waals surface area contributed by atoms with Crippen molar-refractivity contribution in [2.45, 2.75) is 32.7 Å². The first-order valence-corrected chi connectivity index (χ1v) is 6.26. The zero-order chi connectivity index (χ0) is 15.3. The van der Waals surface area contributed by atoms with Gasteiger partial charge in [-0.3, -0.25) is 15.4 Å². The lowest BCUT2D eigenvalue weighted by Crippen LogP contribution is -2.44. The Balaban J connectivity index is 3.01. The molecule has 0 aromatic carbocycles. The molecule has 20 heavy (non-hydrogen) atoms. The summed E-state index contributed by atoms with van der Waals surface area (Å²) >= 11 is 0. The van der Waals surface area contributed by atoms with Gasteiger partial charge in [-0.2, -0.15) is 0 Å². The SMILES string of the molecule is CNC(=O)C(C)NC(=O)c1nc(C(C)C)ncc1NN. The summed E-state index contributed by atoms with van der Waals surface area (Å²) in [4.78, 5) is 31.9. The van der Waals surface area contributed by atoms with Gasteiger partial charge < -0.3 is 16.1 Å². The fourth-order valence-corrected chi connectivity index (χ4v) is 1.50. The van der Waals surface area contributed by atoms with E-state index in [0.29, 0.717) is 11.5 Å². The molecule has 0 aliphatic heterocycles. The van der Waals surface area contributed by atoms with Gasteiger partial charge in [0, 0.05) is 13.0 Å². The number of carbonyl (C=O) groups is 2. The highest BCUT2D eigenvalue weighted by atomic mass is 16.2. The molecule has 0 aliphatic carbocycles. The highest BCUT2D eigenvalue weighted by molar-refractivity contribution is 5.99. The molecule has 0 radical (unpaired) electrons. The van der Waals surface area contributed by atoms with E-state index in [9.17, 15) is 9.59 Å². The van der Waals surface area contributed by atoms with E-state index in [4.69, 9.17) is 5.84 Å². The quantitative estimate of drug-likeness (QED) is 0.436. The minimum absolute atomic E-state index is 0.0738. The minimum Gasteiger partial charge on any atom is -0.357 e. The second-order valence-corrected chi connectivity index (χ2v) is 4.60. The molecular formula is C12H20N6O2. The van der Waals surface area contributed by atoms with E-state index in [1.54, 1.807) is 6.92 Å². The molecule has 8 nitrogen and oxygen atoms in total. The van der Waals surface area contributed by atoms with Crippen molar-refractivity contribution in [1.29, 1.82) is 0 Å². The molecule has 0 saturated carbocycles. The number of rotatable bonds is 5. The van der Waals surface area contributed by atoms with Crippen molar-refractivity contribution in [3.05, 3.63) is 17.7 Å². The van der Waals surface area contributed by atoms with Crippen LogP contribution >= 0.6 is 0 Å². The number of aromatic nitrogens is 2. The molecule has 0 saturated heterocycles. The van der Waals surface area contributed by atoms with Crippen LogP contribution in [0.1, 0.15) is 43.0 Å². The van der Waals surface area contributed by atoms with Gasteiger partial charge in [0.15, 0.2) is 5.69 Å². The third-order valence-electron chi connectivity index (χ3n) is 2.68. The van der Waals surface area contributed by atoms with Gasteiger partial charge in [-0.25, -0.2) is 9.97 Å². The summed E-state index contributed by atoms with van der Waals surface area (Å²) < 4.78 is 0. The van der Waals surface area contributed by atoms with Gasteiger partial charge in [-0.1, -0.05) is 13.8 Å². The number of likely N-dealkylation sites (N-methyl/N-ethyl adjacent to an activating group) is 1. The second-order valence-electron chi connectivity index (χ2n) is 4.60. The Morgan fingerprint density at radius 3 is 2.45 bits per heavy atom. The number of nitrogens with zero attached hydrogens (tertiary/aromatic N) is 2. The summed E-state index contributed by atoms with van der Waals surface area (Å²) in [5.41, 5.74) is 2.79. The van der Waals surface area contributed by atoms with Crippen LogP contribution in [0, 0.1) is 0 Å². The van der Waals surface area contributed by atoms with Crippen molar-refractivity contribution in [2.75, 3.05) is 12.5 Å². The maximum absolute atomic E-state index is 12.2. The van der Waals surface area contributed by atoms with Crippen molar-refractivity contribution in [3.63, 3.8) is 0 Å². The van der Waals surface area contributed by atoms with E-state index in [-0.39, 0.29) is 17.5 Å². The van der Waals surface area contributed by atoms with Crippen LogP contribution in [0.15, 0.2) is 6.20 Å². The molecule has 0 bridgehead atoms. The maximum atomic E-state index is 12.2. The molecule has 110 valence electrons. The molecule has 1 heterocycles. The van der Waals surface area contributed by atoms with Crippen molar-refractivity contribution in [3.8, 4) is 0 Å². The fourth-order valence-electron chi connectivity index (χ4n) is 1.50. The summed E-state index contributed by atoms with van der Waals surface area (Å²) in [7, 11) is 1.50. The zero-order valence-corrected chi connectivity index (χ0v) is 12.0. The van der Waals surface area contributed by atoms with E-state index in [1.165, 1.54) is 13.2 Å². The lowest BCUT2D eigenvalue weighted by atomic mass is 10.2. The van der Waals surface area contributed by atoms with Gasteiger partial charge in [0.25, 0.3) is 5.91 Å². The lowest BCUT2D eigenvalue weighted by Gasteiger charge is -2.14. The van der Waals surface area contributed by atoms with Crippen LogP contribution in [0.3, 0.4) is 0 Å². The first-order valence-electron chi connectivity index (χ1n) is 6.26. The third kappa shape index (κ3) is 3.64. The Morgan fingerprint density at radius 1 is 1.30 bits per heavy atom. The molecule has 1 rings (SSSR count). The third-order valence-corrected chi connectivity index (χ3v) is 2.68. The number of nitrogen functional groups attached to an aromatic ring is 1. The van der Waals surface area contributed by atoms with Gasteiger partial charge in [-0.15, -0.1) is 0 Å². The molecular weight excluding hydrogens is 260 g/mol. The smallest absolute Gasteiger partial charge is 0.272 e. The highest BCUT2D eigenvalue weighted by Crippen LogP contribution is 2.15. The standard InChI is InChI=1S/C12H20N6O2/c1-6(2)10-15-5-8(18-13)9(17-10)12(20)16-7(3)11(19)14-4/h5-7,18H,13H2,1-4H3,(H,14,19)(H,16,20). The summed E-state index contributed by atoms with van der Waals surface area (Å²) in [5.74, 6) is 5.16. The van der Waals surface area contributed by atoms with E-state index in [1.807, 2.05) is 13.8 Å². The fraction of sp³-hybridized carbons (Fsp3) is 0.500. The Bertz CT molecular complexity index is 503. The average Bonchev–Trinajstić information content (AvgIpc) is 2.45.